The molecule has 1 heterocycles. The first-order chi connectivity index (χ1) is 15.2. The maximum atomic E-state index is 13.1. The number of benzene rings is 2. The Bertz CT molecular complexity index is 1010. The van der Waals surface area contributed by atoms with Crippen LogP contribution in [0.3, 0.4) is 0 Å². The number of nitrogens with zero attached hydrogens (tertiary/aromatic N) is 2. The fourth-order valence-corrected chi connectivity index (χ4v) is 4.23. The second-order valence-corrected chi connectivity index (χ2v) is 9.31. The van der Waals surface area contributed by atoms with E-state index in [1.54, 1.807) is 29.2 Å². The van der Waals surface area contributed by atoms with E-state index < -0.39 is 17.7 Å². The lowest BCUT2D eigenvalue weighted by molar-refractivity contribution is -0.139. The summed E-state index contributed by atoms with van der Waals surface area (Å²) in [5.41, 5.74) is 1.34. The number of Topliss-reactive ketones (excluding diaryl/α,β-unsaturated/α-hetero) is 1. The number of halogens is 1. The van der Waals surface area contributed by atoms with Gasteiger partial charge in [-0.2, -0.15) is 0 Å². The van der Waals surface area contributed by atoms with Crippen molar-refractivity contribution in [3.63, 3.8) is 0 Å². The summed E-state index contributed by atoms with van der Waals surface area (Å²) in [6.45, 7) is 5.07. The maximum Gasteiger partial charge on any atom is 0.295 e. The van der Waals surface area contributed by atoms with Gasteiger partial charge in [-0.1, -0.05) is 28.1 Å². The van der Waals surface area contributed by atoms with Crippen molar-refractivity contribution in [2.24, 2.45) is 0 Å². The number of amides is 1. The molecule has 1 amide bonds. The Labute approximate surface area is 197 Å². The summed E-state index contributed by atoms with van der Waals surface area (Å²) in [5, 5.41) is 11.1. The fraction of sp³-hybridized carbons (Fsp3) is 0.360. The molecule has 6 nitrogen and oxygen atoms in total. The Hall–Kier alpha value is -2.64. The zero-order chi connectivity index (χ0) is 23.4. The van der Waals surface area contributed by atoms with Crippen LogP contribution in [0.25, 0.3) is 5.76 Å². The van der Waals surface area contributed by atoms with Gasteiger partial charge in [-0.25, -0.2) is 0 Å². The Morgan fingerprint density at radius 1 is 1.16 bits per heavy atom. The molecule has 7 heteroatoms. The summed E-state index contributed by atoms with van der Waals surface area (Å²) in [7, 11) is 3.93. The first-order valence-corrected chi connectivity index (χ1v) is 11.4. The largest absolute Gasteiger partial charge is 0.507 e. The Kier molecular flexibility index (Phi) is 7.74. The van der Waals surface area contributed by atoms with E-state index in [1.807, 2.05) is 57.1 Å². The zero-order valence-electron chi connectivity index (χ0n) is 18.8. The third kappa shape index (κ3) is 5.40. The molecular weight excluding hydrogens is 472 g/mol. The quantitative estimate of drug-likeness (QED) is 0.325. The number of carbonyl (C=O) groups is 2. The molecular formula is C25H29BrN2O4. The van der Waals surface area contributed by atoms with Crippen molar-refractivity contribution < 1.29 is 19.4 Å². The van der Waals surface area contributed by atoms with Crippen LogP contribution in [-0.2, 0) is 9.59 Å². The first kappa shape index (κ1) is 24.0. The van der Waals surface area contributed by atoms with Crippen molar-refractivity contribution in [3.05, 3.63) is 69.7 Å². The van der Waals surface area contributed by atoms with Crippen molar-refractivity contribution in [2.75, 3.05) is 27.2 Å². The molecule has 0 radical (unpaired) electrons. The summed E-state index contributed by atoms with van der Waals surface area (Å²) in [6, 6.07) is 13.7. The monoisotopic (exact) mass is 500 g/mol. The van der Waals surface area contributed by atoms with Crippen LogP contribution < -0.4 is 4.74 Å². The standard InChI is InChI=1S/C25H29BrN2O4/c1-16(2)32-20-11-9-17(10-12-20)23(29)21-22(18-7-5-8-19(26)15-18)28(25(31)24(21)30)14-6-13-27(3)4/h5,7-12,15-16,22,29H,6,13-14H2,1-4H3/t22-/m1/s1. The zero-order valence-corrected chi connectivity index (χ0v) is 20.4. The lowest BCUT2D eigenvalue weighted by Gasteiger charge is -2.26. The number of aliphatic hydroxyl groups is 1. The molecule has 32 heavy (non-hydrogen) atoms. The van der Waals surface area contributed by atoms with Crippen LogP contribution in [0.4, 0.5) is 0 Å². The van der Waals surface area contributed by atoms with Gasteiger partial charge in [-0.05, 0) is 82.9 Å². The van der Waals surface area contributed by atoms with Crippen LogP contribution in [0.2, 0.25) is 0 Å². The van der Waals surface area contributed by atoms with E-state index in [1.165, 1.54) is 0 Å². The summed E-state index contributed by atoms with van der Waals surface area (Å²) < 4.78 is 6.50. The molecule has 3 rings (SSSR count). The Morgan fingerprint density at radius 2 is 1.84 bits per heavy atom. The number of hydrogen-bond donors (Lipinski definition) is 1. The molecule has 1 fully saturated rings. The van der Waals surface area contributed by atoms with Crippen molar-refractivity contribution in [1.29, 1.82) is 0 Å². The predicted octanol–water partition coefficient (Wildman–Crippen LogP) is 4.61. The van der Waals surface area contributed by atoms with E-state index >= 15 is 0 Å². The average molecular weight is 501 g/mol. The lowest BCUT2D eigenvalue weighted by atomic mass is 9.95. The molecule has 0 bridgehead atoms. The van der Waals surface area contributed by atoms with Gasteiger partial charge in [0.2, 0.25) is 0 Å². The fourth-order valence-electron chi connectivity index (χ4n) is 3.81. The Morgan fingerprint density at radius 3 is 2.44 bits per heavy atom. The molecule has 2 aromatic rings. The van der Waals surface area contributed by atoms with Crippen molar-refractivity contribution in [3.8, 4) is 5.75 Å². The number of ketones is 1. The summed E-state index contributed by atoms with van der Waals surface area (Å²) in [5.74, 6) is -0.765. The number of likely N-dealkylation sites (tertiary alicyclic amines) is 1. The second-order valence-electron chi connectivity index (χ2n) is 8.40. The van der Waals surface area contributed by atoms with Crippen LogP contribution in [0.1, 0.15) is 37.4 Å². The third-order valence-electron chi connectivity index (χ3n) is 5.21. The SMILES string of the molecule is CC(C)Oc1ccc(C(O)=C2C(=O)C(=O)N(CCCN(C)C)[C@@H]2c2cccc(Br)c2)cc1. The van der Waals surface area contributed by atoms with Gasteiger partial charge in [0.25, 0.3) is 11.7 Å². The van der Waals surface area contributed by atoms with Crippen LogP contribution >= 0.6 is 15.9 Å². The van der Waals surface area contributed by atoms with E-state index in [2.05, 4.69) is 15.9 Å². The van der Waals surface area contributed by atoms with Crippen molar-refractivity contribution in [1.82, 2.24) is 9.80 Å². The predicted molar refractivity (Wildman–Crippen MR) is 129 cm³/mol. The van der Waals surface area contributed by atoms with E-state index in [-0.39, 0.29) is 17.4 Å². The molecule has 1 aliphatic rings. The minimum absolute atomic E-state index is 0.0264. The highest BCUT2D eigenvalue weighted by atomic mass is 79.9. The van der Waals surface area contributed by atoms with Gasteiger partial charge in [-0.15, -0.1) is 0 Å². The summed E-state index contributed by atoms with van der Waals surface area (Å²) in [4.78, 5) is 29.6. The van der Waals surface area contributed by atoms with Gasteiger partial charge in [0, 0.05) is 16.6 Å². The number of aliphatic hydroxyl groups excluding tert-OH is 1. The number of hydrogen-bond acceptors (Lipinski definition) is 5. The van der Waals surface area contributed by atoms with Gasteiger partial charge in [-0.3, -0.25) is 9.59 Å². The molecule has 0 unspecified atom stereocenters. The molecule has 0 saturated carbocycles. The van der Waals surface area contributed by atoms with E-state index in [0.29, 0.717) is 24.3 Å². The van der Waals surface area contributed by atoms with Crippen LogP contribution in [0.5, 0.6) is 5.75 Å². The number of ether oxygens (including phenoxy) is 1. The van der Waals surface area contributed by atoms with E-state index in [0.717, 1.165) is 16.6 Å². The highest BCUT2D eigenvalue weighted by Gasteiger charge is 2.45. The van der Waals surface area contributed by atoms with Crippen LogP contribution in [0, 0.1) is 0 Å². The molecule has 0 aliphatic carbocycles. The molecule has 1 atom stereocenters. The van der Waals surface area contributed by atoms with E-state index in [9.17, 15) is 14.7 Å². The molecule has 2 aromatic carbocycles. The number of carbonyl (C=O) groups excluding carboxylic acids is 2. The molecule has 170 valence electrons. The number of rotatable bonds is 8. The highest BCUT2D eigenvalue weighted by molar-refractivity contribution is 9.10. The smallest absolute Gasteiger partial charge is 0.295 e. The van der Waals surface area contributed by atoms with Gasteiger partial charge in [0.05, 0.1) is 17.7 Å². The molecule has 0 spiro atoms. The topological polar surface area (TPSA) is 70.1 Å². The maximum absolute atomic E-state index is 13.1. The normalized spacial score (nSPS) is 18.1. The lowest BCUT2D eigenvalue weighted by Crippen LogP contribution is -2.32. The van der Waals surface area contributed by atoms with Gasteiger partial charge >= 0.3 is 0 Å². The van der Waals surface area contributed by atoms with Gasteiger partial charge in [0.1, 0.15) is 11.5 Å². The second kappa shape index (κ2) is 10.3. The summed E-state index contributed by atoms with van der Waals surface area (Å²) in [6.07, 6.45) is 0.740. The van der Waals surface area contributed by atoms with E-state index in [4.69, 9.17) is 4.74 Å². The van der Waals surface area contributed by atoms with Crippen LogP contribution in [-0.4, -0.2) is 59.9 Å². The van der Waals surface area contributed by atoms with Gasteiger partial charge < -0.3 is 19.6 Å². The van der Waals surface area contributed by atoms with Crippen molar-refractivity contribution in [2.45, 2.75) is 32.4 Å². The van der Waals surface area contributed by atoms with Gasteiger partial charge in [0.15, 0.2) is 0 Å². The first-order valence-electron chi connectivity index (χ1n) is 10.6. The highest BCUT2D eigenvalue weighted by Crippen LogP contribution is 2.40. The summed E-state index contributed by atoms with van der Waals surface area (Å²) >= 11 is 3.47. The minimum Gasteiger partial charge on any atom is -0.507 e. The molecule has 0 aromatic heterocycles. The Balaban J connectivity index is 2.04. The van der Waals surface area contributed by atoms with Crippen LogP contribution in [0.15, 0.2) is 58.6 Å². The molecule has 1 aliphatic heterocycles. The third-order valence-corrected chi connectivity index (χ3v) is 5.70. The van der Waals surface area contributed by atoms with Crippen molar-refractivity contribution >= 4 is 33.4 Å². The average Bonchev–Trinajstić information content (AvgIpc) is 2.98. The molecule has 1 N–H and O–H groups in total. The molecule has 1 saturated heterocycles. The minimum atomic E-state index is -0.667.